The molecule has 0 radical (unpaired) electrons. The third-order valence-electron chi connectivity index (χ3n) is 3.43. The van der Waals surface area contributed by atoms with Gasteiger partial charge in [-0.2, -0.15) is 9.97 Å². The lowest BCUT2D eigenvalue weighted by atomic mass is 10.2. The van der Waals surface area contributed by atoms with Gasteiger partial charge in [0, 0.05) is 12.2 Å². The van der Waals surface area contributed by atoms with Crippen LogP contribution >= 0.6 is 0 Å². The predicted octanol–water partition coefficient (Wildman–Crippen LogP) is 1.63. The summed E-state index contributed by atoms with van der Waals surface area (Å²) in [6.45, 7) is 0.893. The van der Waals surface area contributed by atoms with Crippen molar-refractivity contribution in [1.82, 2.24) is 19.9 Å². The Kier molecular flexibility index (Phi) is 2.00. The molecule has 94 valence electrons. The number of para-hydroxylation sites is 1. The van der Waals surface area contributed by atoms with Crippen molar-refractivity contribution in [3.8, 4) is 0 Å². The minimum atomic E-state index is 0.249. The minimum Gasteiger partial charge on any atom is -0.368 e. The highest BCUT2D eigenvalue weighted by Gasteiger charge is 2.23. The number of fused-ring (bicyclic) bond motifs is 2. The molecule has 0 unspecified atom stereocenters. The quantitative estimate of drug-likeness (QED) is 0.687. The molecule has 1 aliphatic heterocycles. The Balaban J connectivity index is 1.94. The molecule has 19 heavy (non-hydrogen) atoms. The number of nitrogen functional groups attached to an aromatic ring is 1. The Morgan fingerprint density at radius 3 is 3.05 bits per heavy atom. The number of benzene rings is 1. The molecule has 3 N–H and O–H groups in total. The van der Waals surface area contributed by atoms with Crippen molar-refractivity contribution in [2.45, 2.75) is 6.42 Å². The molecule has 1 aliphatic rings. The van der Waals surface area contributed by atoms with E-state index in [1.54, 1.807) is 6.33 Å². The highest BCUT2D eigenvalue weighted by atomic mass is 15.2. The molecule has 0 bridgehead atoms. The fourth-order valence-corrected chi connectivity index (χ4v) is 2.59. The summed E-state index contributed by atoms with van der Waals surface area (Å²) < 4.78 is 0. The first kappa shape index (κ1) is 10.3. The second kappa shape index (κ2) is 3.68. The molecule has 0 saturated heterocycles. The average molecular weight is 252 g/mol. The van der Waals surface area contributed by atoms with E-state index in [1.807, 2.05) is 6.07 Å². The zero-order chi connectivity index (χ0) is 12.8. The Bertz CT molecular complexity index is 763. The molecule has 0 saturated carbocycles. The number of imidazole rings is 1. The molecular formula is C13H12N6. The largest absolute Gasteiger partial charge is 0.368 e. The highest BCUT2D eigenvalue weighted by Crippen LogP contribution is 2.35. The van der Waals surface area contributed by atoms with Crippen LogP contribution in [0.25, 0.3) is 11.2 Å². The van der Waals surface area contributed by atoms with Gasteiger partial charge in [-0.1, -0.05) is 18.2 Å². The summed E-state index contributed by atoms with van der Waals surface area (Å²) in [5.41, 5.74) is 9.70. The van der Waals surface area contributed by atoms with E-state index in [0.717, 1.165) is 24.3 Å². The van der Waals surface area contributed by atoms with Crippen LogP contribution in [0.1, 0.15) is 5.56 Å². The predicted molar refractivity (Wildman–Crippen MR) is 73.2 cm³/mol. The number of H-pyrrole nitrogens is 1. The number of anilines is 3. The molecule has 0 fully saturated rings. The third-order valence-corrected chi connectivity index (χ3v) is 3.43. The summed E-state index contributed by atoms with van der Waals surface area (Å²) in [6.07, 6.45) is 2.62. The van der Waals surface area contributed by atoms with Crippen LogP contribution in [-0.2, 0) is 6.42 Å². The topological polar surface area (TPSA) is 83.7 Å². The molecule has 0 atom stereocenters. The third kappa shape index (κ3) is 1.46. The van der Waals surface area contributed by atoms with Crippen molar-refractivity contribution in [2.75, 3.05) is 17.2 Å². The van der Waals surface area contributed by atoms with Crippen molar-refractivity contribution in [3.63, 3.8) is 0 Å². The second-order valence-electron chi connectivity index (χ2n) is 4.54. The van der Waals surface area contributed by atoms with Gasteiger partial charge in [-0.25, -0.2) is 4.98 Å². The average Bonchev–Trinajstić information content (AvgIpc) is 3.03. The van der Waals surface area contributed by atoms with E-state index in [9.17, 15) is 0 Å². The van der Waals surface area contributed by atoms with Crippen molar-refractivity contribution in [3.05, 3.63) is 36.2 Å². The van der Waals surface area contributed by atoms with Crippen molar-refractivity contribution >= 4 is 28.6 Å². The molecule has 0 amide bonds. The highest BCUT2D eigenvalue weighted by molar-refractivity contribution is 5.88. The molecule has 3 aromatic rings. The Morgan fingerprint density at radius 2 is 2.11 bits per heavy atom. The zero-order valence-electron chi connectivity index (χ0n) is 10.2. The van der Waals surface area contributed by atoms with Crippen molar-refractivity contribution < 1.29 is 0 Å². The van der Waals surface area contributed by atoms with Crippen molar-refractivity contribution in [1.29, 1.82) is 0 Å². The standard InChI is InChI=1S/C13H12N6/c14-13-17-11-10(15-7-16-11)12(18-13)19-6-5-8-3-1-2-4-9(8)19/h1-4,7H,5-6H2,(H3,14,15,16,17,18). The number of rotatable bonds is 1. The van der Waals surface area contributed by atoms with Crippen LogP contribution in [0.2, 0.25) is 0 Å². The van der Waals surface area contributed by atoms with Gasteiger partial charge in [0.1, 0.15) is 5.52 Å². The number of nitrogens with one attached hydrogen (secondary N) is 1. The van der Waals surface area contributed by atoms with Gasteiger partial charge in [-0.15, -0.1) is 0 Å². The van der Waals surface area contributed by atoms with Gasteiger partial charge in [-0.3, -0.25) is 0 Å². The molecular weight excluding hydrogens is 240 g/mol. The Labute approximate surface area is 109 Å². The van der Waals surface area contributed by atoms with Gasteiger partial charge in [0.05, 0.1) is 6.33 Å². The fourth-order valence-electron chi connectivity index (χ4n) is 2.59. The van der Waals surface area contributed by atoms with Gasteiger partial charge in [0.25, 0.3) is 0 Å². The summed E-state index contributed by atoms with van der Waals surface area (Å²) in [5, 5.41) is 0. The van der Waals surface area contributed by atoms with Crippen LogP contribution in [0, 0.1) is 0 Å². The van der Waals surface area contributed by atoms with E-state index in [1.165, 1.54) is 11.3 Å². The normalized spacial score (nSPS) is 14.0. The van der Waals surface area contributed by atoms with E-state index in [4.69, 9.17) is 5.73 Å². The molecule has 0 aliphatic carbocycles. The maximum atomic E-state index is 5.77. The Hall–Kier alpha value is -2.63. The van der Waals surface area contributed by atoms with E-state index < -0.39 is 0 Å². The van der Waals surface area contributed by atoms with Crippen LogP contribution in [0.5, 0.6) is 0 Å². The molecule has 0 spiro atoms. The molecule has 1 aromatic carbocycles. The lowest BCUT2D eigenvalue weighted by molar-refractivity contribution is 0.975. The van der Waals surface area contributed by atoms with E-state index in [0.29, 0.717) is 5.65 Å². The Morgan fingerprint density at radius 1 is 1.21 bits per heavy atom. The van der Waals surface area contributed by atoms with Crippen LogP contribution in [0.4, 0.5) is 17.5 Å². The van der Waals surface area contributed by atoms with Gasteiger partial charge >= 0.3 is 0 Å². The van der Waals surface area contributed by atoms with Gasteiger partial charge < -0.3 is 15.6 Å². The summed E-state index contributed by atoms with van der Waals surface area (Å²) in [5.74, 6) is 1.05. The number of nitrogens with two attached hydrogens (primary N) is 1. The van der Waals surface area contributed by atoms with Gasteiger partial charge in [0.2, 0.25) is 5.95 Å². The van der Waals surface area contributed by atoms with Crippen LogP contribution in [0.15, 0.2) is 30.6 Å². The number of aromatic nitrogens is 4. The SMILES string of the molecule is Nc1nc(N2CCc3ccccc32)c2[nH]cnc2n1. The smallest absolute Gasteiger partial charge is 0.224 e. The zero-order valence-corrected chi connectivity index (χ0v) is 10.2. The number of hydrogen-bond acceptors (Lipinski definition) is 5. The summed E-state index contributed by atoms with van der Waals surface area (Å²) in [7, 11) is 0. The maximum absolute atomic E-state index is 5.77. The monoisotopic (exact) mass is 252 g/mol. The van der Waals surface area contributed by atoms with Crippen LogP contribution < -0.4 is 10.6 Å². The van der Waals surface area contributed by atoms with Crippen LogP contribution in [0.3, 0.4) is 0 Å². The molecule has 2 aromatic heterocycles. The molecule has 6 nitrogen and oxygen atoms in total. The van der Waals surface area contributed by atoms with Crippen molar-refractivity contribution in [2.24, 2.45) is 0 Å². The van der Waals surface area contributed by atoms with E-state index in [-0.39, 0.29) is 5.95 Å². The first-order chi connectivity index (χ1) is 9.33. The second-order valence-corrected chi connectivity index (χ2v) is 4.54. The summed E-state index contributed by atoms with van der Waals surface area (Å²) >= 11 is 0. The van der Waals surface area contributed by atoms with E-state index in [2.05, 4.69) is 43.0 Å². The van der Waals surface area contributed by atoms with Gasteiger partial charge in [0.15, 0.2) is 11.5 Å². The molecule has 4 rings (SSSR count). The fraction of sp³-hybridized carbons (Fsp3) is 0.154. The lowest BCUT2D eigenvalue weighted by Crippen LogP contribution is -2.16. The van der Waals surface area contributed by atoms with Crippen LogP contribution in [-0.4, -0.2) is 26.5 Å². The summed E-state index contributed by atoms with van der Waals surface area (Å²) in [6, 6.07) is 8.33. The first-order valence-corrected chi connectivity index (χ1v) is 6.15. The maximum Gasteiger partial charge on any atom is 0.224 e. The first-order valence-electron chi connectivity index (χ1n) is 6.15. The van der Waals surface area contributed by atoms with Gasteiger partial charge in [-0.05, 0) is 18.1 Å². The minimum absolute atomic E-state index is 0.249. The van der Waals surface area contributed by atoms with E-state index >= 15 is 0 Å². The lowest BCUT2D eigenvalue weighted by Gasteiger charge is -2.18. The molecule has 6 heteroatoms. The molecule has 3 heterocycles. The number of aromatic amines is 1. The number of nitrogens with zero attached hydrogens (tertiary/aromatic N) is 4. The number of hydrogen-bond donors (Lipinski definition) is 2. The summed E-state index contributed by atoms with van der Waals surface area (Å²) in [4.78, 5) is 17.9.